The Hall–Kier alpha value is -1.03. The number of hydrogen-bond donors (Lipinski definition) is 1. The highest BCUT2D eigenvalue weighted by atomic mass is 79.9. The van der Waals surface area contributed by atoms with Crippen molar-refractivity contribution in [1.29, 1.82) is 0 Å². The fourth-order valence-electron chi connectivity index (χ4n) is 1.58. The van der Waals surface area contributed by atoms with E-state index < -0.39 is 0 Å². The molecule has 2 nitrogen and oxygen atoms in total. The Labute approximate surface area is 129 Å². The van der Waals surface area contributed by atoms with Crippen LogP contribution in [-0.4, -0.2) is 5.91 Å². The molecule has 0 spiro atoms. The van der Waals surface area contributed by atoms with E-state index in [0.717, 1.165) is 10.0 Å². The summed E-state index contributed by atoms with van der Waals surface area (Å²) in [5, 5.41) is 3.94. The fourth-order valence-corrected chi connectivity index (χ4v) is 2.23. The van der Waals surface area contributed by atoms with E-state index in [1.165, 1.54) is 0 Å². The molecule has 0 saturated carbocycles. The molecule has 0 aliphatic heterocycles. The van der Waals surface area contributed by atoms with Gasteiger partial charge in [0.25, 0.3) is 0 Å². The number of benzene rings is 2. The number of carbonyl (C=O) groups is 1. The van der Waals surface area contributed by atoms with E-state index in [1.54, 1.807) is 24.3 Å². The van der Waals surface area contributed by atoms with Gasteiger partial charge in [-0.15, -0.1) is 0 Å². The van der Waals surface area contributed by atoms with Gasteiger partial charge in [0.1, 0.15) is 0 Å². The summed E-state index contributed by atoms with van der Waals surface area (Å²) >= 11 is 15.1. The average Bonchev–Trinajstić information content (AvgIpc) is 2.37. The zero-order valence-corrected chi connectivity index (χ0v) is 12.9. The fraction of sp³-hybridized carbons (Fsp3) is 0.0714. The van der Waals surface area contributed by atoms with Crippen molar-refractivity contribution in [3.63, 3.8) is 0 Å². The van der Waals surface area contributed by atoms with Gasteiger partial charge in [-0.05, 0) is 35.9 Å². The first-order valence-electron chi connectivity index (χ1n) is 5.54. The highest BCUT2D eigenvalue weighted by Gasteiger charge is 2.07. The highest BCUT2D eigenvalue weighted by molar-refractivity contribution is 9.10. The maximum absolute atomic E-state index is 11.9. The van der Waals surface area contributed by atoms with E-state index in [1.807, 2.05) is 18.2 Å². The molecule has 0 saturated heterocycles. The summed E-state index contributed by atoms with van der Waals surface area (Å²) in [4.78, 5) is 11.9. The Morgan fingerprint density at radius 3 is 2.47 bits per heavy atom. The van der Waals surface area contributed by atoms with Crippen LogP contribution in [0.4, 0.5) is 5.69 Å². The van der Waals surface area contributed by atoms with Crippen molar-refractivity contribution in [1.82, 2.24) is 0 Å². The number of anilines is 1. The third-order valence-electron chi connectivity index (χ3n) is 2.48. The molecule has 0 heterocycles. The smallest absolute Gasteiger partial charge is 0.228 e. The van der Waals surface area contributed by atoms with Crippen LogP contribution in [0.1, 0.15) is 5.56 Å². The van der Waals surface area contributed by atoms with Gasteiger partial charge in [0, 0.05) is 9.50 Å². The largest absolute Gasteiger partial charge is 0.324 e. The Balaban J connectivity index is 2.05. The molecule has 0 bridgehead atoms. The summed E-state index contributed by atoms with van der Waals surface area (Å²) < 4.78 is 0.860. The van der Waals surface area contributed by atoms with E-state index in [2.05, 4.69) is 21.2 Å². The molecule has 0 atom stereocenters. The van der Waals surface area contributed by atoms with Crippen LogP contribution in [0.25, 0.3) is 0 Å². The molecule has 0 unspecified atom stereocenters. The van der Waals surface area contributed by atoms with Crippen molar-refractivity contribution in [2.75, 3.05) is 5.32 Å². The minimum Gasteiger partial charge on any atom is -0.324 e. The second-order valence-electron chi connectivity index (χ2n) is 3.98. The Morgan fingerprint density at radius 2 is 1.79 bits per heavy atom. The van der Waals surface area contributed by atoms with Gasteiger partial charge in [-0.3, -0.25) is 4.79 Å². The van der Waals surface area contributed by atoms with Crippen LogP contribution in [0.5, 0.6) is 0 Å². The van der Waals surface area contributed by atoms with E-state index in [-0.39, 0.29) is 12.3 Å². The van der Waals surface area contributed by atoms with Crippen molar-refractivity contribution in [2.24, 2.45) is 0 Å². The van der Waals surface area contributed by atoms with E-state index in [9.17, 15) is 4.79 Å². The lowest BCUT2D eigenvalue weighted by atomic mass is 10.1. The van der Waals surface area contributed by atoms with Gasteiger partial charge in [0.2, 0.25) is 5.91 Å². The van der Waals surface area contributed by atoms with Crippen LogP contribution < -0.4 is 5.32 Å². The Morgan fingerprint density at radius 1 is 1.11 bits per heavy atom. The normalized spacial score (nSPS) is 10.3. The molecule has 1 N–H and O–H groups in total. The maximum Gasteiger partial charge on any atom is 0.228 e. The molecule has 0 radical (unpaired) electrons. The van der Waals surface area contributed by atoms with Gasteiger partial charge in [-0.1, -0.05) is 51.3 Å². The molecule has 5 heteroatoms. The third kappa shape index (κ3) is 4.23. The van der Waals surface area contributed by atoms with E-state index >= 15 is 0 Å². The van der Waals surface area contributed by atoms with Crippen molar-refractivity contribution >= 4 is 50.7 Å². The van der Waals surface area contributed by atoms with Crippen LogP contribution in [0, 0.1) is 0 Å². The number of hydrogen-bond acceptors (Lipinski definition) is 1. The molecule has 19 heavy (non-hydrogen) atoms. The van der Waals surface area contributed by atoms with E-state index in [0.29, 0.717) is 15.7 Å². The number of halogens is 3. The lowest BCUT2D eigenvalue weighted by molar-refractivity contribution is -0.115. The molecule has 0 fully saturated rings. The monoisotopic (exact) mass is 357 g/mol. The molecule has 2 aromatic rings. The molecule has 0 aliphatic carbocycles. The Bertz CT molecular complexity index is 599. The zero-order valence-electron chi connectivity index (χ0n) is 9.79. The zero-order chi connectivity index (χ0) is 13.8. The predicted molar refractivity (Wildman–Crippen MR) is 82.9 cm³/mol. The SMILES string of the molecule is O=C(Cc1ccc(Cl)cc1)Nc1cc(Br)ccc1Cl. The first-order chi connectivity index (χ1) is 9.04. The number of amides is 1. The molecule has 0 aromatic heterocycles. The second-order valence-corrected chi connectivity index (χ2v) is 5.73. The van der Waals surface area contributed by atoms with Gasteiger partial charge in [-0.25, -0.2) is 0 Å². The number of carbonyl (C=O) groups excluding carboxylic acids is 1. The van der Waals surface area contributed by atoms with Gasteiger partial charge in [0.05, 0.1) is 17.1 Å². The lowest BCUT2D eigenvalue weighted by Crippen LogP contribution is -2.14. The van der Waals surface area contributed by atoms with Crippen molar-refractivity contribution < 1.29 is 4.79 Å². The number of nitrogens with one attached hydrogen (secondary N) is 1. The van der Waals surface area contributed by atoms with Crippen LogP contribution in [-0.2, 0) is 11.2 Å². The summed E-state index contributed by atoms with van der Waals surface area (Å²) in [7, 11) is 0. The molecular weight excluding hydrogens is 349 g/mol. The first kappa shape index (κ1) is 14.4. The van der Waals surface area contributed by atoms with Crippen LogP contribution >= 0.6 is 39.1 Å². The van der Waals surface area contributed by atoms with E-state index in [4.69, 9.17) is 23.2 Å². The summed E-state index contributed by atoms with van der Waals surface area (Å²) in [5.74, 6) is -0.123. The molecule has 0 aliphatic rings. The Kier molecular flexibility index (Phi) is 4.86. The van der Waals surface area contributed by atoms with Crippen molar-refractivity contribution in [2.45, 2.75) is 6.42 Å². The molecule has 2 rings (SSSR count). The third-order valence-corrected chi connectivity index (χ3v) is 3.56. The highest BCUT2D eigenvalue weighted by Crippen LogP contribution is 2.25. The second kappa shape index (κ2) is 6.42. The van der Waals surface area contributed by atoms with Gasteiger partial charge in [0.15, 0.2) is 0 Å². The topological polar surface area (TPSA) is 29.1 Å². The predicted octanol–water partition coefficient (Wildman–Crippen LogP) is 4.94. The minimum atomic E-state index is -0.123. The molecule has 1 amide bonds. The summed E-state index contributed by atoms with van der Waals surface area (Å²) in [6, 6.07) is 12.5. The molecule has 98 valence electrons. The standard InChI is InChI=1S/C14H10BrCl2NO/c15-10-3-6-12(17)13(8-10)18-14(19)7-9-1-4-11(16)5-2-9/h1-6,8H,7H2,(H,18,19). The minimum absolute atomic E-state index is 0.123. The van der Waals surface area contributed by atoms with Crippen LogP contribution in [0.15, 0.2) is 46.9 Å². The summed E-state index contributed by atoms with van der Waals surface area (Å²) in [6.07, 6.45) is 0.278. The first-order valence-corrected chi connectivity index (χ1v) is 7.09. The average molecular weight is 359 g/mol. The molecular formula is C14H10BrCl2NO. The van der Waals surface area contributed by atoms with Crippen LogP contribution in [0.3, 0.4) is 0 Å². The number of rotatable bonds is 3. The molecule has 2 aromatic carbocycles. The van der Waals surface area contributed by atoms with Crippen molar-refractivity contribution in [3.8, 4) is 0 Å². The van der Waals surface area contributed by atoms with Gasteiger partial charge in [-0.2, -0.15) is 0 Å². The summed E-state index contributed by atoms with van der Waals surface area (Å²) in [5.41, 5.74) is 1.49. The van der Waals surface area contributed by atoms with Crippen molar-refractivity contribution in [3.05, 3.63) is 62.5 Å². The van der Waals surface area contributed by atoms with Crippen LogP contribution in [0.2, 0.25) is 10.0 Å². The van der Waals surface area contributed by atoms with Gasteiger partial charge >= 0.3 is 0 Å². The quantitative estimate of drug-likeness (QED) is 0.827. The summed E-state index contributed by atoms with van der Waals surface area (Å²) in [6.45, 7) is 0. The van der Waals surface area contributed by atoms with Gasteiger partial charge < -0.3 is 5.32 Å². The maximum atomic E-state index is 11.9. The lowest BCUT2D eigenvalue weighted by Gasteiger charge is -2.08.